The fraction of sp³-hybridized carbons (Fsp3) is 0.143. The molecule has 4 rings (SSSR count). The summed E-state index contributed by atoms with van der Waals surface area (Å²) in [5.74, 6) is -1.26. The predicted molar refractivity (Wildman–Crippen MR) is 120 cm³/mol. The van der Waals surface area contributed by atoms with Crippen LogP contribution in [-0.4, -0.2) is 31.1 Å². The molecular formula is C21H18ClN3O4S2. The number of carbonyl (C=O) groups excluding carboxylic acids is 2. The standard InChI is InChI=1S/C21H18ClN3O4S2/c22-17-11-15(5-6-16(17)20(23)26)24-21(27)19-18(8-10-30-19)31(28,29)25-9-7-13-3-1-2-4-14(13)12-25/h1-6,8,10-11H,7,9,12H2,(H2,23,26)(H,24,27). The Bertz CT molecular complexity index is 1290. The van der Waals surface area contributed by atoms with E-state index in [0.717, 1.165) is 22.5 Å². The van der Waals surface area contributed by atoms with Gasteiger partial charge in [-0.25, -0.2) is 8.42 Å². The molecule has 31 heavy (non-hydrogen) atoms. The van der Waals surface area contributed by atoms with Crippen molar-refractivity contribution in [2.24, 2.45) is 5.73 Å². The van der Waals surface area contributed by atoms with Gasteiger partial charge in [0.25, 0.3) is 5.91 Å². The van der Waals surface area contributed by atoms with Crippen molar-refractivity contribution >= 4 is 50.5 Å². The smallest absolute Gasteiger partial charge is 0.267 e. The van der Waals surface area contributed by atoms with E-state index in [4.69, 9.17) is 17.3 Å². The molecule has 7 nitrogen and oxygen atoms in total. The van der Waals surface area contributed by atoms with Crippen molar-refractivity contribution in [3.05, 3.63) is 80.5 Å². The summed E-state index contributed by atoms with van der Waals surface area (Å²) in [7, 11) is -3.86. The van der Waals surface area contributed by atoms with Crippen molar-refractivity contribution in [1.82, 2.24) is 4.31 Å². The molecule has 1 aliphatic heterocycles. The molecule has 3 aromatic rings. The van der Waals surface area contributed by atoms with Crippen molar-refractivity contribution in [1.29, 1.82) is 0 Å². The zero-order valence-corrected chi connectivity index (χ0v) is 18.6. The van der Waals surface area contributed by atoms with Crippen LogP contribution in [0.2, 0.25) is 5.02 Å². The molecule has 0 saturated heterocycles. The maximum absolute atomic E-state index is 13.3. The topological polar surface area (TPSA) is 110 Å². The van der Waals surface area contributed by atoms with Crippen molar-refractivity contribution in [2.75, 3.05) is 11.9 Å². The van der Waals surface area contributed by atoms with Crippen LogP contribution in [0.1, 0.15) is 31.2 Å². The highest BCUT2D eigenvalue weighted by atomic mass is 35.5. The second-order valence-corrected chi connectivity index (χ2v) is 10.2. The molecule has 2 amide bonds. The van der Waals surface area contributed by atoms with Gasteiger partial charge in [-0.1, -0.05) is 35.9 Å². The summed E-state index contributed by atoms with van der Waals surface area (Å²) in [6.45, 7) is 0.611. The number of fused-ring (bicyclic) bond motifs is 1. The van der Waals surface area contributed by atoms with Crippen LogP contribution in [0.3, 0.4) is 0 Å². The molecule has 1 aromatic heterocycles. The molecule has 2 aromatic carbocycles. The van der Waals surface area contributed by atoms with E-state index in [1.807, 2.05) is 24.3 Å². The van der Waals surface area contributed by atoms with E-state index in [1.54, 1.807) is 5.38 Å². The van der Waals surface area contributed by atoms with Crippen molar-refractivity contribution in [3.63, 3.8) is 0 Å². The highest BCUT2D eigenvalue weighted by molar-refractivity contribution is 7.89. The molecule has 0 radical (unpaired) electrons. The minimum atomic E-state index is -3.86. The van der Waals surface area contributed by atoms with Crippen LogP contribution in [0.15, 0.2) is 58.8 Å². The van der Waals surface area contributed by atoms with Gasteiger partial charge in [-0.3, -0.25) is 9.59 Å². The predicted octanol–water partition coefficient (Wildman–Crippen LogP) is 3.50. The number of halogens is 1. The lowest BCUT2D eigenvalue weighted by Crippen LogP contribution is -2.36. The van der Waals surface area contributed by atoms with Crippen molar-refractivity contribution in [2.45, 2.75) is 17.9 Å². The fourth-order valence-electron chi connectivity index (χ4n) is 3.46. The number of anilines is 1. The normalized spacial score (nSPS) is 14.1. The molecule has 2 heterocycles. The number of benzene rings is 2. The Morgan fingerprint density at radius 3 is 2.55 bits per heavy atom. The average Bonchev–Trinajstić information content (AvgIpc) is 3.24. The van der Waals surface area contributed by atoms with E-state index in [2.05, 4.69) is 5.32 Å². The zero-order chi connectivity index (χ0) is 22.2. The first kappa shape index (κ1) is 21.5. The first-order valence-electron chi connectivity index (χ1n) is 9.32. The number of primary amides is 1. The van der Waals surface area contributed by atoms with Gasteiger partial charge in [0.2, 0.25) is 15.9 Å². The summed E-state index contributed by atoms with van der Waals surface area (Å²) in [6, 6.07) is 13.4. The fourth-order valence-corrected chi connectivity index (χ4v) is 6.45. The van der Waals surface area contributed by atoms with Crippen LogP contribution in [0.25, 0.3) is 0 Å². The average molecular weight is 476 g/mol. The van der Waals surface area contributed by atoms with Crippen LogP contribution >= 0.6 is 22.9 Å². The van der Waals surface area contributed by atoms with Crippen LogP contribution in [-0.2, 0) is 23.0 Å². The molecule has 3 N–H and O–H groups in total. The number of nitrogens with one attached hydrogen (secondary N) is 1. The molecule has 0 atom stereocenters. The number of carbonyl (C=O) groups is 2. The molecule has 0 saturated carbocycles. The Hall–Kier alpha value is -2.72. The largest absolute Gasteiger partial charge is 0.366 e. The number of sulfonamides is 1. The van der Waals surface area contributed by atoms with E-state index in [-0.39, 0.29) is 26.9 Å². The zero-order valence-electron chi connectivity index (χ0n) is 16.2. The molecule has 160 valence electrons. The minimum absolute atomic E-state index is 0.0331. The lowest BCUT2D eigenvalue weighted by Gasteiger charge is -2.28. The Labute approximate surface area is 188 Å². The highest BCUT2D eigenvalue weighted by Gasteiger charge is 2.32. The lowest BCUT2D eigenvalue weighted by atomic mass is 10.0. The molecule has 0 aliphatic carbocycles. The quantitative estimate of drug-likeness (QED) is 0.588. The van der Waals surface area contributed by atoms with Gasteiger partial charge in [-0.15, -0.1) is 11.3 Å². The Kier molecular flexibility index (Phi) is 5.85. The van der Waals surface area contributed by atoms with Gasteiger partial charge in [0.1, 0.15) is 9.77 Å². The molecular weight excluding hydrogens is 458 g/mol. The number of thiophene rings is 1. The SMILES string of the molecule is NC(=O)c1ccc(NC(=O)c2sccc2S(=O)(=O)N2CCc3ccccc3C2)cc1Cl. The highest BCUT2D eigenvalue weighted by Crippen LogP contribution is 2.30. The van der Waals surface area contributed by atoms with E-state index in [9.17, 15) is 18.0 Å². The van der Waals surface area contributed by atoms with E-state index in [0.29, 0.717) is 18.7 Å². The Morgan fingerprint density at radius 2 is 1.84 bits per heavy atom. The summed E-state index contributed by atoms with van der Waals surface area (Å²) < 4.78 is 28.0. The molecule has 0 unspecified atom stereocenters. The first-order chi connectivity index (χ1) is 14.8. The number of hydrogen-bond donors (Lipinski definition) is 2. The third kappa shape index (κ3) is 4.22. The third-order valence-corrected chi connectivity index (χ3v) is 8.28. The second kappa shape index (κ2) is 8.43. The van der Waals surface area contributed by atoms with Crippen molar-refractivity contribution < 1.29 is 18.0 Å². The summed E-state index contributed by atoms with van der Waals surface area (Å²) in [6.07, 6.45) is 0.617. The lowest BCUT2D eigenvalue weighted by molar-refractivity contribution is 0.0998. The summed E-state index contributed by atoms with van der Waals surface area (Å²) >= 11 is 7.07. The van der Waals surface area contributed by atoms with Crippen LogP contribution in [0, 0.1) is 0 Å². The van der Waals surface area contributed by atoms with E-state index in [1.165, 1.54) is 28.6 Å². The van der Waals surface area contributed by atoms with E-state index < -0.39 is 21.8 Å². The van der Waals surface area contributed by atoms with E-state index >= 15 is 0 Å². The number of rotatable bonds is 5. The molecule has 1 aliphatic rings. The number of hydrogen-bond acceptors (Lipinski definition) is 5. The van der Waals surface area contributed by atoms with Crippen molar-refractivity contribution in [3.8, 4) is 0 Å². The number of nitrogens with zero attached hydrogens (tertiary/aromatic N) is 1. The third-order valence-electron chi connectivity index (χ3n) is 5.04. The van der Waals surface area contributed by atoms with Gasteiger partial charge in [0, 0.05) is 18.8 Å². The maximum Gasteiger partial charge on any atom is 0.267 e. The van der Waals surface area contributed by atoms with Crippen LogP contribution < -0.4 is 11.1 Å². The number of nitrogens with two attached hydrogens (primary N) is 1. The summed E-state index contributed by atoms with van der Waals surface area (Å²) in [5, 5.41) is 4.30. The number of amides is 2. The summed E-state index contributed by atoms with van der Waals surface area (Å²) in [4.78, 5) is 24.2. The Morgan fingerprint density at radius 1 is 1.10 bits per heavy atom. The Balaban J connectivity index is 1.58. The second-order valence-electron chi connectivity index (χ2n) is 6.98. The van der Waals surface area contributed by atoms with Crippen LogP contribution in [0.5, 0.6) is 0 Å². The molecule has 0 bridgehead atoms. The van der Waals surface area contributed by atoms with Gasteiger partial charge >= 0.3 is 0 Å². The van der Waals surface area contributed by atoms with Gasteiger partial charge in [0.15, 0.2) is 0 Å². The first-order valence-corrected chi connectivity index (χ1v) is 12.0. The van der Waals surface area contributed by atoms with Crippen LogP contribution in [0.4, 0.5) is 5.69 Å². The van der Waals surface area contributed by atoms with Gasteiger partial charge in [-0.2, -0.15) is 4.31 Å². The van der Waals surface area contributed by atoms with Gasteiger partial charge in [-0.05, 0) is 47.2 Å². The minimum Gasteiger partial charge on any atom is -0.366 e. The summed E-state index contributed by atoms with van der Waals surface area (Å²) in [5.41, 5.74) is 7.78. The molecule has 0 spiro atoms. The maximum atomic E-state index is 13.3. The van der Waals surface area contributed by atoms with Gasteiger partial charge < -0.3 is 11.1 Å². The van der Waals surface area contributed by atoms with Gasteiger partial charge in [0.05, 0.1) is 10.6 Å². The molecule has 0 fully saturated rings. The molecule has 10 heteroatoms. The monoisotopic (exact) mass is 475 g/mol.